The summed E-state index contributed by atoms with van der Waals surface area (Å²) in [6.45, 7) is -0.0934. The molecule has 0 atom stereocenters. The summed E-state index contributed by atoms with van der Waals surface area (Å²) in [7, 11) is 3.71. The Kier molecular flexibility index (Phi) is 5.92. The van der Waals surface area contributed by atoms with E-state index in [-0.39, 0.29) is 18.8 Å². The Morgan fingerprint density at radius 3 is 2.42 bits per heavy atom. The molecule has 1 spiro atoms. The smallest absolute Gasteiger partial charge is 0.480 e. The standard InChI is InChI=1S/C20H24F3N3O5/c1-25(2)19(13-4-3-5-14(10-13)31-16(29)20(21,22)23)8-6-18(7-9-19)12-26(11-15(27)28)17(30)24-18/h3-5,10H,6-9,11-12H2,1-2H3,(H,24,30)(H,27,28). The summed E-state index contributed by atoms with van der Waals surface area (Å²) in [5.74, 6) is -3.56. The molecule has 1 aliphatic carbocycles. The van der Waals surface area contributed by atoms with Crippen molar-refractivity contribution in [2.45, 2.75) is 42.9 Å². The van der Waals surface area contributed by atoms with Gasteiger partial charge in [-0.05, 0) is 57.5 Å². The van der Waals surface area contributed by atoms with Gasteiger partial charge >= 0.3 is 24.1 Å². The zero-order valence-corrected chi connectivity index (χ0v) is 17.2. The average molecular weight is 443 g/mol. The minimum Gasteiger partial charge on any atom is -0.480 e. The first kappa shape index (κ1) is 22.9. The molecule has 0 radical (unpaired) electrons. The number of halogens is 3. The number of esters is 1. The third kappa shape index (κ3) is 4.60. The Bertz CT molecular complexity index is 879. The lowest BCUT2D eigenvalue weighted by Crippen LogP contribution is -2.54. The van der Waals surface area contributed by atoms with E-state index in [9.17, 15) is 27.6 Å². The molecule has 31 heavy (non-hydrogen) atoms. The van der Waals surface area contributed by atoms with Gasteiger partial charge in [0.25, 0.3) is 0 Å². The van der Waals surface area contributed by atoms with Crippen LogP contribution in [-0.2, 0) is 15.1 Å². The van der Waals surface area contributed by atoms with E-state index in [1.165, 1.54) is 23.1 Å². The lowest BCUT2D eigenvalue weighted by atomic mass is 9.69. The number of amides is 2. The number of hydrogen-bond donors (Lipinski definition) is 2. The first-order valence-electron chi connectivity index (χ1n) is 9.73. The molecule has 0 unspecified atom stereocenters. The van der Waals surface area contributed by atoms with Gasteiger partial charge in [-0.2, -0.15) is 13.2 Å². The highest BCUT2D eigenvalue weighted by Crippen LogP contribution is 2.46. The van der Waals surface area contributed by atoms with Gasteiger partial charge in [0.1, 0.15) is 12.3 Å². The number of rotatable bonds is 5. The number of ether oxygens (including phenoxy) is 1. The number of nitrogens with zero attached hydrogens (tertiary/aromatic N) is 2. The van der Waals surface area contributed by atoms with Crippen molar-refractivity contribution in [3.63, 3.8) is 0 Å². The topological polar surface area (TPSA) is 99.2 Å². The molecule has 1 saturated heterocycles. The zero-order chi connectivity index (χ0) is 23.0. The number of hydrogen-bond acceptors (Lipinski definition) is 5. The summed E-state index contributed by atoms with van der Waals surface area (Å²) < 4.78 is 42.1. The molecule has 2 N–H and O–H groups in total. The Balaban J connectivity index is 1.80. The van der Waals surface area contributed by atoms with Crippen molar-refractivity contribution in [3.05, 3.63) is 29.8 Å². The van der Waals surface area contributed by atoms with Crippen LogP contribution in [0.4, 0.5) is 18.0 Å². The van der Waals surface area contributed by atoms with Crippen LogP contribution in [0.3, 0.4) is 0 Å². The molecule has 1 aromatic rings. The molecule has 1 aromatic carbocycles. The van der Waals surface area contributed by atoms with Crippen LogP contribution in [0.2, 0.25) is 0 Å². The fraction of sp³-hybridized carbons (Fsp3) is 0.550. The molecule has 1 heterocycles. The molecule has 0 aromatic heterocycles. The predicted octanol–water partition coefficient (Wildman–Crippen LogP) is 2.33. The monoisotopic (exact) mass is 443 g/mol. The third-order valence-electron chi connectivity index (χ3n) is 6.18. The van der Waals surface area contributed by atoms with Gasteiger partial charge in [-0.3, -0.25) is 9.69 Å². The molecule has 11 heteroatoms. The van der Waals surface area contributed by atoms with Gasteiger partial charge in [-0.25, -0.2) is 9.59 Å². The van der Waals surface area contributed by atoms with Crippen LogP contribution < -0.4 is 10.1 Å². The van der Waals surface area contributed by atoms with E-state index in [0.717, 1.165) is 0 Å². The van der Waals surface area contributed by atoms with Crippen LogP contribution in [0.15, 0.2) is 24.3 Å². The third-order valence-corrected chi connectivity index (χ3v) is 6.18. The van der Waals surface area contributed by atoms with Gasteiger partial charge in [0, 0.05) is 12.1 Å². The van der Waals surface area contributed by atoms with Gasteiger partial charge < -0.3 is 20.1 Å². The average Bonchev–Trinajstić information content (AvgIpc) is 2.96. The van der Waals surface area contributed by atoms with Gasteiger partial charge in [0.15, 0.2) is 0 Å². The van der Waals surface area contributed by atoms with Crippen LogP contribution in [0.5, 0.6) is 5.75 Å². The van der Waals surface area contributed by atoms with Crippen molar-refractivity contribution < 1.29 is 37.4 Å². The van der Waals surface area contributed by atoms with Crippen molar-refractivity contribution >= 4 is 18.0 Å². The number of carbonyl (C=O) groups excluding carboxylic acids is 2. The number of urea groups is 1. The van der Waals surface area contributed by atoms with E-state index in [1.807, 2.05) is 19.0 Å². The number of carboxylic acid groups (broad SMARTS) is 1. The highest BCUT2D eigenvalue weighted by Gasteiger charge is 2.50. The summed E-state index contributed by atoms with van der Waals surface area (Å²) in [5, 5.41) is 11.9. The van der Waals surface area contributed by atoms with Crippen LogP contribution >= 0.6 is 0 Å². The van der Waals surface area contributed by atoms with E-state index < -0.39 is 35.2 Å². The summed E-state index contributed by atoms with van der Waals surface area (Å²) >= 11 is 0. The molecule has 2 aliphatic rings. The van der Waals surface area contributed by atoms with Gasteiger partial charge in [-0.15, -0.1) is 0 Å². The van der Waals surface area contributed by atoms with Crippen molar-refractivity contribution in [1.82, 2.24) is 15.1 Å². The summed E-state index contributed by atoms with van der Waals surface area (Å²) in [4.78, 5) is 37.6. The fourth-order valence-electron chi connectivity index (χ4n) is 4.51. The van der Waals surface area contributed by atoms with Gasteiger partial charge in [-0.1, -0.05) is 12.1 Å². The molecule has 1 aliphatic heterocycles. The maximum Gasteiger partial charge on any atom is 0.491 e. The van der Waals surface area contributed by atoms with E-state index in [2.05, 4.69) is 10.1 Å². The van der Waals surface area contributed by atoms with E-state index >= 15 is 0 Å². The largest absolute Gasteiger partial charge is 0.491 e. The molecule has 2 amide bonds. The van der Waals surface area contributed by atoms with Gasteiger partial charge in [0.2, 0.25) is 0 Å². The summed E-state index contributed by atoms with van der Waals surface area (Å²) in [6.07, 6.45) is -2.84. The Labute approximate surface area is 176 Å². The first-order chi connectivity index (χ1) is 14.4. The summed E-state index contributed by atoms with van der Waals surface area (Å²) in [5.41, 5.74) is -0.393. The van der Waals surface area contributed by atoms with Crippen LogP contribution in [0, 0.1) is 0 Å². The molecule has 2 fully saturated rings. The molecule has 3 rings (SSSR count). The van der Waals surface area contributed by atoms with Crippen LogP contribution in [0.25, 0.3) is 0 Å². The molecular weight excluding hydrogens is 419 g/mol. The Hall–Kier alpha value is -2.82. The Morgan fingerprint density at radius 1 is 1.23 bits per heavy atom. The highest BCUT2D eigenvalue weighted by atomic mass is 19.4. The predicted molar refractivity (Wildman–Crippen MR) is 102 cm³/mol. The number of aliphatic carboxylic acids is 1. The second-order valence-corrected chi connectivity index (χ2v) is 8.30. The number of nitrogens with one attached hydrogen (secondary N) is 1. The number of carbonyl (C=O) groups is 3. The number of benzene rings is 1. The maximum absolute atomic E-state index is 12.5. The molecule has 1 saturated carbocycles. The molecule has 8 nitrogen and oxygen atoms in total. The zero-order valence-electron chi connectivity index (χ0n) is 17.2. The number of alkyl halides is 3. The quantitative estimate of drug-likeness (QED) is 0.536. The minimum atomic E-state index is -5.09. The second-order valence-electron chi connectivity index (χ2n) is 8.30. The van der Waals surface area contributed by atoms with E-state index in [4.69, 9.17) is 5.11 Å². The van der Waals surface area contributed by atoms with Crippen molar-refractivity contribution in [3.8, 4) is 5.75 Å². The molecule has 0 bridgehead atoms. The molecular formula is C20H24F3N3O5. The van der Waals surface area contributed by atoms with Crippen molar-refractivity contribution in [2.24, 2.45) is 0 Å². The van der Waals surface area contributed by atoms with E-state index in [1.54, 1.807) is 6.07 Å². The van der Waals surface area contributed by atoms with Crippen LogP contribution in [-0.4, -0.2) is 71.8 Å². The highest BCUT2D eigenvalue weighted by molar-refractivity contribution is 5.82. The fourth-order valence-corrected chi connectivity index (χ4v) is 4.51. The maximum atomic E-state index is 12.5. The number of carboxylic acids is 1. The minimum absolute atomic E-state index is 0.192. The molecule has 170 valence electrons. The van der Waals surface area contributed by atoms with Crippen molar-refractivity contribution in [1.29, 1.82) is 0 Å². The summed E-state index contributed by atoms with van der Waals surface area (Å²) in [6, 6.07) is 5.62. The van der Waals surface area contributed by atoms with E-state index in [0.29, 0.717) is 31.2 Å². The van der Waals surface area contributed by atoms with Gasteiger partial charge in [0.05, 0.1) is 5.54 Å². The Morgan fingerprint density at radius 2 is 1.87 bits per heavy atom. The normalized spacial score (nSPS) is 26.3. The van der Waals surface area contributed by atoms with Crippen molar-refractivity contribution in [2.75, 3.05) is 27.2 Å². The first-order valence-corrected chi connectivity index (χ1v) is 9.73. The lowest BCUT2D eigenvalue weighted by Gasteiger charge is -2.48. The second kappa shape index (κ2) is 8.03. The SMILES string of the molecule is CN(C)C1(c2cccc(OC(=O)C(F)(F)F)c2)CCC2(CC1)CN(CC(=O)O)C(=O)N2. The van der Waals surface area contributed by atoms with Crippen LogP contribution in [0.1, 0.15) is 31.2 Å². The lowest BCUT2D eigenvalue weighted by molar-refractivity contribution is -0.189.